The molecule has 2 fully saturated rings. The van der Waals surface area contributed by atoms with Gasteiger partial charge < -0.3 is 10.6 Å². The van der Waals surface area contributed by atoms with Crippen LogP contribution in [0.3, 0.4) is 0 Å². The largest absolute Gasteiger partial charge is 0.340 e. The predicted molar refractivity (Wildman–Crippen MR) is 60.9 cm³/mol. The third kappa shape index (κ3) is 2.04. The number of nitrogens with zero attached hydrogens (tertiary/aromatic N) is 4. The van der Waals surface area contributed by atoms with E-state index in [0.717, 1.165) is 38.0 Å². The van der Waals surface area contributed by atoms with Crippen molar-refractivity contribution in [3.63, 3.8) is 0 Å². The van der Waals surface area contributed by atoms with Crippen molar-refractivity contribution >= 4 is 5.91 Å². The number of rotatable bonds is 3. The Morgan fingerprint density at radius 2 is 2.29 bits per heavy atom. The van der Waals surface area contributed by atoms with E-state index in [1.54, 1.807) is 0 Å². The second kappa shape index (κ2) is 4.10. The SMILES string of the molecule is NCc1cn([C@H]2CCN(C(=O)C3CC3)C2)nn1. The van der Waals surface area contributed by atoms with Crippen LogP contribution in [0.4, 0.5) is 0 Å². The van der Waals surface area contributed by atoms with Crippen molar-refractivity contribution in [1.82, 2.24) is 19.9 Å². The van der Waals surface area contributed by atoms with Crippen molar-refractivity contribution in [2.75, 3.05) is 13.1 Å². The molecule has 2 aliphatic rings. The number of likely N-dealkylation sites (tertiary alicyclic amines) is 1. The van der Waals surface area contributed by atoms with Crippen LogP contribution in [0.1, 0.15) is 31.0 Å². The average molecular weight is 235 g/mol. The summed E-state index contributed by atoms with van der Waals surface area (Å²) in [5.74, 6) is 0.635. The maximum absolute atomic E-state index is 11.9. The Morgan fingerprint density at radius 1 is 1.47 bits per heavy atom. The Bertz CT molecular complexity index is 425. The average Bonchev–Trinajstić information content (AvgIpc) is 2.91. The van der Waals surface area contributed by atoms with Crippen LogP contribution in [0.25, 0.3) is 0 Å². The summed E-state index contributed by atoms with van der Waals surface area (Å²) in [6, 6.07) is 0.269. The molecule has 1 saturated carbocycles. The summed E-state index contributed by atoms with van der Waals surface area (Å²) in [5, 5.41) is 8.05. The molecule has 0 spiro atoms. The van der Waals surface area contributed by atoms with Gasteiger partial charge >= 0.3 is 0 Å². The van der Waals surface area contributed by atoms with E-state index in [0.29, 0.717) is 18.4 Å². The number of hydrogen-bond acceptors (Lipinski definition) is 4. The van der Waals surface area contributed by atoms with Gasteiger partial charge in [-0.2, -0.15) is 0 Å². The highest BCUT2D eigenvalue weighted by atomic mass is 16.2. The van der Waals surface area contributed by atoms with E-state index in [9.17, 15) is 4.79 Å². The minimum Gasteiger partial charge on any atom is -0.340 e. The van der Waals surface area contributed by atoms with Gasteiger partial charge in [-0.1, -0.05) is 5.21 Å². The fourth-order valence-corrected chi connectivity index (χ4v) is 2.33. The molecule has 17 heavy (non-hydrogen) atoms. The van der Waals surface area contributed by atoms with Crippen LogP contribution in [0.15, 0.2) is 6.20 Å². The van der Waals surface area contributed by atoms with Gasteiger partial charge in [-0.15, -0.1) is 5.10 Å². The molecule has 1 aliphatic heterocycles. The molecule has 3 rings (SSSR count). The topological polar surface area (TPSA) is 77.0 Å². The van der Waals surface area contributed by atoms with E-state index in [2.05, 4.69) is 10.3 Å². The van der Waals surface area contributed by atoms with Gasteiger partial charge in [0, 0.05) is 25.6 Å². The second-order valence-electron chi connectivity index (χ2n) is 4.90. The zero-order chi connectivity index (χ0) is 11.8. The van der Waals surface area contributed by atoms with Crippen LogP contribution < -0.4 is 5.73 Å². The van der Waals surface area contributed by atoms with Gasteiger partial charge in [0.2, 0.25) is 5.91 Å². The molecule has 0 bridgehead atoms. The van der Waals surface area contributed by atoms with Crippen LogP contribution in [0.5, 0.6) is 0 Å². The molecular formula is C11H17N5O. The smallest absolute Gasteiger partial charge is 0.225 e. The molecule has 1 aromatic rings. The van der Waals surface area contributed by atoms with E-state index in [1.165, 1.54) is 0 Å². The second-order valence-corrected chi connectivity index (χ2v) is 4.90. The highest BCUT2D eigenvalue weighted by Gasteiger charge is 2.37. The molecular weight excluding hydrogens is 218 g/mol. The van der Waals surface area contributed by atoms with Gasteiger partial charge in [0.05, 0.1) is 17.9 Å². The Kier molecular flexibility index (Phi) is 2.58. The predicted octanol–water partition coefficient (Wildman–Crippen LogP) is -0.0798. The van der Waals surface area contributed by atoms with Crippen molar-refractivity contribution in [3.05, 3.63) is 11.9 Å². The lowest BCUT2D eigenvalue weighted by Crippen LogP contribution is -2.30. The summed E-state index contributed by atoms with van der Waals surface area (Å²) < 4.78 is 1.85. The first-order chi connectivity index (χ1) is 8.28. The van der Waals surface area contributed by atoms with Gasteiger partial charge in [-0.25, -0.2) is 4.68 Å². The van der Waals surface area contributed by atoms with Crippen molar-refractivity contribution < 1.29 is 4.79 Å². The lowest BCUT2D eigenvalue weighted by atomic mass is 10.3. The minimum atomic E-state index is 0.269. The van der Waals surface area contributed by atoms with Crippen molar-refractivity contribution in [2.24, 2.45) is 11.7 Å². The molecule has 6 heteroatoms. The summed E-state index contributed by atoms with van der Waals surface area (Å²) in [5.41, 5.74) is 6.31. The summed E-state index contributed by atoms with van der Waals surface area (Å²) in [6.07, 6.45) is 4.99. The number of aromatic nitrogens is 3. The number of hydrogen-bond donors (Lipinski definition) is 1. The van der Waals surface area contributed by atoms with Crippen molar-refractivity contribution in [1.29, 1.82) is 0 Å². The molecule has 0 unspecified atom stereocenters. The van der Waals surface area contributed by atoms with E-state index in [4.69, 9.17) is 5.73 Å². The first-order valence-corrected chi connectivity index (χ1v) is 6.17. The zero-order valence-corrected chi connectivity index (χ0v) is 9.75. The van der Waals surface area contributed by atoms with Crippen LogP contribution in [0.2, 0.25) is 0 Å². The molecule has 1 saturated heterocycles. The molecule has 1 aromatic heterocycles. The summed E-state index contributed by atoms with van der Waals surface area (Å²) in [6.45, 7) is 2.03. The number of nitrogens with two attached hydrogens (primary N) is 1. The molecule has 1 aliphatic carbocycles. The molecule has 6 nitrogen and oxygen atoms in total. The first-order valence-electron chi connectivity index (χ1n) is 6.17. The zero-order valence-electron chi connectivity index (χ0n) is 9.75. The quantitative estimate of drug-likeness (QED) is 0.795. The maximum Gasteiger partial charge on any atom is 0.225 e. The molecule has 0 radical (unpaired) electrons. The van der Waals surface area contributed by atoms with Crippen LogP contribution in [0, 0.1) is 5.92 Å². The highest BCUT2D eigenvalue weighted by Crippen LogP contribution is 2.33. The number of carbonyl (C=O) groups excluding carboxylic acids is 1. The molecule has 2 heterocycles. The van der Waals surface area contributed by atoms with Gasteiger partial charge in [-0.05, 0) is 19.3 Å². The molecule has 1 amide bonds. The number of amides is 1. The standard InChI is InChI=1S/C11H17N5O/c12-5-9-6-16(14-13-9)10-3-4-15(7-10)11(17)8-1-2-8/h6,8,10H,1-5,7,12H2/t10-/m0/s1. The van der Waals surface area contributed by atoms with Crippen LogP contribution in [-0.4, -0.2) is 38.9 Å². The Hall–Kier alpha value is -1.43. The van der Waals surface area contributed by atoms with Gasteiger partial charge in [-0.3, -0.25) is 4.79 Å². The molecule has 1 atom stereocenters. The third-order valence-electron chi connectivity index (χ3n) is 3.54. The van der Waals surface area contributed by atoms with Crippen molar-refractivity contribution in [2.45, 2.75) is 31.8 Å². The van der Waals surface area contributed by atoms with E-state index >= 15 is 0 Å². The Balaban J connectivity index is 1.64. The van der Waals surface area contributed by atoms with Crippen molar-refractivity contribution in [3.8, 4) is 0 Å². The molecule has 0 aromatic carbocycles. The van der Waals surface area contributed by atoms with Gasteiger partial charge in [0.1, 0.15) is 0 Å². The molecule has 2 N–H and O–H groups in total. The minimum absolute atomic E-state index is 0.269. The lowest BCUT2D eigenvalue weighted by Gasteiger charge is -2.15. The number of carbonyl (C=O) groups is 1. The lowest BCUT2D eigenvalue weighted by molar-refractivity contribution is -0.131. The van der Waals surface area contributed by atoms with Gasteiger partial charge in [0.25, 0.3) is 0 Å². The Labute approximate surface area is 99.8 Å². The summed E-state index contributed by atoms with van der Waals surface area (Å²) >= 11 is 0. The third-order valence-corrected chi connectivity index (χ3v) is 3.54. The van der Waals surface area contributed by atoms with Crippen LogP contribution >= 0.6 is 0 Å². The normalized spacial score (nSPS) is 24.3. The summed E-state index contributed by atoms with van der Waals surface area (Å²) in [4.78, 5) is 13.9. The highest BCUT2D eigenvalue weighted by molar-refractivity contribution is 5.81. The first kappa shape index (κ1) is 10.7. The van der Waals surface area contributed by atoms with E-state index in [-0.39, 0.29) is 6.04 Å². The van der Waals surface area contributed by atoms with Crippen LogP contribution in [-0.2, 0) is 11.3 Å². The fraction of sp³-hybridized carbons (Fsp3) is 0.727. The van der Waals surface area contributed by atoms with Gasteiger partial charge in [0.15, 0.2) is 0 Å². The maximum atomic E-state index is 11.9. The summed E-state index contributed by atoms with van der Waals surface area (Å²) in [7, 11) is 0. The molecule has 92 valence electrons. The van der Waals surface area contributed by atoms with E-state index < -0.39 is 0 Å². The van der Waals surface area contributed by atoms with E-state index in [1.807, 2.05) is 15.8 Å². The fourth-order valence-electron chi connectivity index (χ4n) is 2.33. The monoisotopic (exact) mass is 235 g/mol. The Morgan fingerprint density at radius 3 is 2.94 bits per heavy atom.